The number of carboxylic acids is 1. The van der Waals surface area contributed by atoms with Gasteiger partial charge in [-0.15, -0.1) is 0 Å². The zero-order valence-electron chi connectivity index (χ0n) is 12.7. The molecule has 1 aromatic heterocycles. The van der Waals surface area contributed by atoms with Gasteiger partial charge in [0.25, 0.3) is 0 Å². The topological polar surface area (TPSA) is 100 Å². The van der Waals surface area contributed by atoms with Gasteiger partial charge in [-0.25, -0.2) is 4.79 Å². The molecule has 2 heterocycles. The number of carbonyl (C=O) groups excluding carboxylic acids is 2. The zero-order chi connectivity index (χ0) is 14.9. The Morgan fingerprint density at radius 1 is 1.43 bits per heavy atom. The van der Waals surface area contributed by atoms with Gasteiger partial charge in [0.1, 0.15) is 11.3 Å². The fraction of sp³-hybridized carbons (Fsp3) is 0.667. The molecule has 0 atom stereocenters. The van der Waals surface area contributed by atoms with Crippen molar-refractivity contribution in [2.75, 3.05) is 13.1 Å². The summed E-state index contributed by atoms with van der Waals surface area (Å²) in [7, 11) is 0. The van der Waals surface area contributed by atoms with Gasteiger partial charge in [0, 0.05) is 19.0 Å². The summed E-state index contributed by atoms with van der Waals surface area (Å²) in [6.07, 6.45) is 0.817. The Hall–Kier alpha value is -1.52. The van der Waals surface area contributed by atoms with E-state index in [0.29, 0.717) is 19.6 Å². The molecule has 0 spiro atoms. The van der Waals surface area contributed by atoms with E-state index in [0.717, 1.165) is 6.20 Å². The minimum atomic E-state index is -1.35. The number of carboxylic acid groups (broad SMARTS) is 1. The summed E-state index contributed by atoms with van der Waals surface area (Å²) in [5.74, 6) is -1.15. The number of hydrogen-bond donors (Lipinski definition) is 0. The van der Waals surface area contributed by atoms with E-state index in [1.165, 1.54) is 4.80 Å². The summed E-state index contributed by atoms with van der Waals surface area (Å²) >= 11 is 0. The molecule has 0 N–H and O–H groups in total. The number of nitrogens with zero attached hydrogens (tertiary/aromatic N) is 4. The Morgan fingerprint density at radius 3 is 2.52 bits per heavy atom. The predicted octanol–water partition coefficient (Wildman–Crippen LogP) is -3.49. The molecule has 0 saturated carbocycles. The van der Waals surface area contributed by atoms with Crippen LogP contribution in [0.15, 0.2) is 6.20 Å². The SMILES string of the molecule is CC(C)(C)OC(=O)N1CC(Cn2ncc(C(=O)[O-])n2)C1.[Li+]. The molecule has 9 heteroatoms. The standard InChI is InChI=1S/C12H18N4O4.Li/c1-12(2,3)20-11(19)15-5-8(6-15)7-16-13-4-9(14-16)10(17)18;/h4,8H,5-7H2,1-3H3,(H,17,18);/q;+1/p-1. The van der Waals surface area contributed by atoms with Crippen LogP contribution in [-0.4, -0.2) is 50.6 Å². The van der Waals surface area contributed by atoms with E-state index < -0.39 is 11.6 Å². The molecule has 21 heavy (non-hydrogen) atoms. The van der Waals surface area contributed by atoms with Crippen LogP contribution in [0.4, 0.5) is 4.79 Å². The first-order valence-electron chi connectivity index (χ1n) is 6.34. The van der Waals surface area contributed by atoms with Crippen molar-refractivity contribution >= 4 is 12.1 Å². The van der Waals surface area contributed by atoms with E-state index in [4.69, 9.17) is 4.74 Å². The third kappa shape index (κ3) is 4.76. The van der Waals surface area contributed by atoms with Gasteiger partial charge in [-0.1, -0.05) is 0 Å². The second kappa shape index (κ2) is 6.50. The number of likely N-dealkylation sites (tertiary alicyclic amines) is 1. The molecular formula is C12H17LiN4O4. The maximum atomic E-state index is 11.7. The maximum Gasteiger partial charge on any atom is 1.00 e. The van der Waals surface area contributed by atoms with Gasteiger partial charge in [0.15, 0.2) is 0 Å². The van der Waals surface area contributed by atoms with Crippen molar-refractivity contribution in [2.24, 2.45) is 5.92 Å². The smallest absolute Gasteiger partial charge is 0.543 e. The number of hydrogen-bond acceptors (Lipinski definition) is 6. The van der Waals surface area contributed by atoms with Crippen LogP contribution < -0.4 is 24.0 Å². The van der Waals surface area contributed by atoms with Crippen LogP contribution in [-0.2, 0) is 11.3 Å². The summed E-state index contributed by atoms with van der Waals surface area (Å²) in [5, 5.41) is 18.2. The Kier molecular flexibility index (Phi) is 5.42. The molecule has 1 aromatic rings. The van der Waals surface area contributed by atoms with Crippen LogP contribution >= 0.6 is 0 Å². The minimum absolute atomic E-state index is 0. The van der Waals surface area contributed by atoms with Crippen molar-refractivity contribution < 1.29 is 38.3 Å². The molecule has 0 unspecified atom stereocenters. The van der Waals surface area contributed by atoms with Crippen LogP contribution in [0, 0.1) is 5.92 Å². The van der Waals surface area contributed by atoms with E-state index in [-0.39, 0.29) is 36.6 Å². The van der Waals surface area contributed by atoms with Gasteiger partial charge < -0.3 is 19.5 Å². The molecule has 1 aliphatic rings. The van der Waals surface area contributed by atoms with Crippen LogP contribution in [0.1, 0.15) is 31.3 Å². The summed E-state index contributed by atoms with van der Waals surface area (Å²) in [6, 6.07) is 0. The predicted molar refractivity (Wildman–Crippen MR) is 65.6 cm³/mol. The number of carbonyl (C=O) groups is 2. The number of aromatic carboxylic acids is 1. The van der Waals surface area contributed by atoms with Gasteiger partial charge in [-0.05, 0) is 20.8 Å². The van der Waals surface area contributed by atoms with Crippen molar-refractivity contribution in [2.45, 2.75) is 32.9 Å². The molecule has 1 fully saturated rings. The number of ether oxygens (including phenoxy) is 1. The van der Waals surface area contributed by atoms with E-state index in [1.54, 1.807) is 4.90 Å². The van der Waals surface area contributed by atoms with E-state index in [9.17, 15) is 14.7 Å². The average molecular weight is 288 g/mol. The fourth-order valence-corrected chi connectivity index (χ4v) is 1.87. The number of aromatic nitrogens is 3. The Morgan fingerprint density at radius 2 is 2.05 bits per heavy atom. The largest absolute Gasteiger partial charge is 1.00 e. The molecule has 0 radical (unpaired) electrons. The Balaban J connectivity index is 0.00000220. The normalized spacial score (nSPS) is 15.1. The summed E-state index contributed by atoms with van der Waals surface area (Å²) in [6.45, 7) is 7.02. The molecule has 8 nitrogen and oxygen atoms in total. The monoisotopic (exact) mass is 288 g/mol. The van der Waals surface area contributed by atoms with Crippen LogP contribution in [0.2, 0.25) is 0 Å². The second-order valence-electron chi connectivity index (χ2n) is 5.82. The summed E-state index contributed by atoms with van der Waals surface area (Å²) in [5.41, 5.74) is -0.692. The van der Waals surface area contributed by atoms with E-state index in [2.05, 4.69) is 10.2 Å². The molecule has 1 aliphatic heterocycles. The minimum Gasteiger partial charge on any atom is -0.543 e. The molecule has 0 bridgehead atoms. The molecule has 2 rings (SSSR count). The van der Waals surface area contributed by atoms with Gasteiger partial charge in [-0.3, -0.25) is 0 Å². The van der Waals surface area contributed by atoms with Crippen molar-refractivity contribution in [1.82, 2.24) is 19.9 Å². The third-order valence-corrected chi connectivity index (χ3v) is 2.78. The van der Waals surface area contributed by atoms with Crippen molar-refractivity contribution in [3.8, 4) is 0 Å². The zero-order valence-corrected chi connectivity index (χ0v) is 12.7. The Bertz CT molecular complexity index is 520. The summed E-state index contributed by atoms with van der Waals surface area (Å²) < 4.78 is 5.24. The first-order valence-corrected chi connectivity index (χ1v) is 6.34. The van der Waals surface area contributed by atoms with E-state index in [1.807, 2.05) is 20.8 Å². The van der Waals surface area contributed by atoms with Gasteiger partial charge in [0.2, 0.25) is 0 Å². The second-order valence-corrected chi connectivity index (χ2v) is 5.82. The van der Waals surface area contributed by atoms with Crippen LogP contribution in [0.5, 0.6) is 0 Å². The first kappa shape index (κ1) is 17.5. The molecule has 110 valence electrons. The van der Waals surface area contributed by atoms with Gasteiger partial charge in [-0.2, -0.15) is 15.0 Å². The van der Waals surface area contributed by atoms with Crippen LogP contribution in [0.25, 0.3) is 0 Å². The first-order chi connectivity index (χ1) is 9.24. The van der Waals surface area contributed by atoms with Crippen molar-refractivity contribution in [3.63, 3.8) is 0 Å². The molecular weight excluding hydrogens is 271 g/mol. The maximum absolute atomic E-state index is 11.7. The van der Waals surface area contributed by atoms with Crippen molar-refractivity contribution in [1.29, 1.82) is 0 Å². The molecule has 0 aliphatic carbocycles. The quantitative estimate of drug-likeness (QED) is 0.535. The number of amides is 1. The molecule has 0 aromatic carbocycles. The van der Waals surface area contributed by atoms with Crippen molar-refractivity contribution in [3.05, 3.63) is 11.9 Å². The number of rotatable bonds is 3. The molecule has 1 amide bonds. The molecule has 1 saturated heterocycles. The Labute approximate surface area is 134 Å². The average Bonchev–Trinajstić information content (AvgIpc) is 2.68. The third-order valence-electron chi connectivity index (χ3n) is 2.78. The van der Waals surface area contributed by atoms with Gasteiger partial charge in [0.05, 0.1) is 18.7 Å². The summed E-state index contributed by atoms with van der Waals surface area (Å²) in [4.78, 5) is 25.2. The van der Waals surface area contributed by atoms with E-state index >= 15 is 0 Å². The van der Waals surface area contributed by atoms with Crippen LogP contribution in [0.3, 0.4) is 0 Å². The fourth-order valence-electron chi connectivity index (χ4n) is 1.87. The van der Waals surface area contributed by atoms with Gasteiger partial charge >= 0.3 is 25.0 Å².